The SMILES string of the molecule is CCC(C)C(NC(=O)Nc1ccccc1F)C(=O)NC1(C(=O)O)CCc2[nH]c3c(C(F)(F)F)cccc3c2C1. The Labute approximate surface area is 221 Å². The van der Waals surface area contributed by atoms with Gasteiger partial charge in [-0.1, -0.05) is 44.5 Å². The fourth-order valence-corrected chi connectivity index (χ4v) is 4.93. The van der Waals surface area contributed by atoms with Gasteiger partial charge >= 0.3 is 18.2 Å². The van der Waals surface area contributed by atoms with Crippen LogP contribution in [0.3, 0.4) is 0 Å². The number of urea groups is 1. The molecule has 0 aliphatic heterocycles. The van der Waals surface area contributed by atoms with Gasteiger partial charge in [0.1, 0.15) is 17.4 Å². The van der Waals surface area contributed by atoms with Crippen molar-refractivity contribution in [3.63, 3.8) is 0 Å². The molecule has 5 N–H and O–H groups in total. The lowest BCUT2D eigenvalue weighted by Gasteiger charge is -2.36. The summed E-state index contributed by atoms with van der Waals surface area (Å²) in [5.74, 6) is -3.22. The lowest BCUT2D eigenvalue weighted by molar-refractivity contribution is -0.148. The molecule has 1 aliphatic rings. The largest absolute Gasteiger partial charge is 0.479 e. The van der Waals surface area contributed by atoms with Crippen LogP contribution in [-0.2, 0) is 28.6 Å². The van der Waals surface area contributed by atoms with Crippen LogP contribution in [-0.4, -0.2) is 39.6 Å². The molecule has 2 aromatic carbocycles. The highest BCUT2D eigenvalue weighted by atomic mass is 19.4. The third kappa shape index (κ3) is 5.55. The Balaban J connectivity index is 1.60. The van der Waals surface area contributed by atoms with Crippen LogP contribution in [0.25, 0.3) is 10.9 Å². The van der Waals surface area contributed by atoms with Gasteiger partial charge in [0.2, 0.25) is 5.91 Å². The topological polar surface area (TPSA) is 123 Å². The van der Waals surface area contributed by atoms with E-state index >= 15 is 0 Å². The van der Waals surface area contributed by atoms with Gasteiger partial charge in [-0.25, -0.2) is 14.0 Å². The number of carbonyl (C=O) groups excluding carboxylic acids is 2. The predicted octanol–water partition coefficient (Wildman–Crippen LogP) is 4.99. The van der Waals surface area contributed by atoms with Crippen molar-refractivity contribution < 1.29 is 37.1 Å². The lowest BCUT2D eigenvalue weighted by Crippen LogP contribution is -2.62. The third-order valence-corrected chi connectivity index (χ3v) is 7.29. The van der Waals surface area contributed by atoms with Crippen LogP contribution < -0.4 is 16.0 Å². The number of carboxylic acids is 1. The maximum absolute atomic E-state index is 14.0. The second-order valence-electron chi connectivity index (χ2n) is 9.80. The van der Waals surface area contributed by atoms with Crippen LogP contribution in [0.2, 0.25) is 0 Å². The van der Waals surface area contributed by atoms with Crippen molar-refractivity contribution in [1.82, 2.24) is 15.6 Å². The van der Waals surface area contributed by atoms with Crippen LogP contribution in [0.5, 0.6) is 0 Å². The molecule has 1 aromatic heterocycles. The average molecular weight is 549 g/mol. The molecule has 12 heteroatoms. The van der Waals surface area contributed by atoms with Gasteiger partial charge < -0.3 is 26.0 Å². The molecule has 1 aliphatic carbocycles. The standard InChI is InChI=1S/C27H28F4N4O4/c1-3-14(2)21(34-25(39)33-20-10-5-4-9-18(20)28)23(36)35-26(24(37)38)12-11-19-16(13-26)15-7-6-8-17(22(15)32-19)27(29,30)31/h4-10,14,21,32H,3,11-13H2,1-2H3,(H,35,36)(H,37,38)(H2,33,34,39). The van der Waals surface area contributed by atoms with Gasteiger partial charge in [0.15, 0.2) is 0 Å². The van der Waals surface area contributed by atoms with Gasteiger partial charge in [-0.15, -0.1) is 0 Å². The molecular formula is C27H28F4N4O4. The minimum atomic E-state index is -4.61. The van der Waals surface area contributed by atoms with Crippen molar-refractivity contribution in [1.29, 1.82) is 0 Å². The Bertz CT molecular complexity index is 1420. The van der Waals surface area contributed by atoms with Crippen LogP contribution >= 0.6 is 0 Å². The first-order valence-electron chi connectivity index (χ1n) is 12.4. The van der Waals surface area contributed by atoms with Crippen LogP contribution in [0.1, 0.15) is 43.5 Å². The number of aromatic nitrogens is 1. The molecule has 0 saturated carbocycles. The fourth-order valence-electron chi connectivity index (χ4n) is 4.93. The summed E-state index contributed by atoms with van der Waals surface area (Å²) in [6.45, 7) is 3.48. The highest BCUT2D eigenvalue weighted by Gasteiger charge is 2.46. The number of benzene rings is 2. The van der Waals surface area contributed by atoms with Crippen molar-refractivity contribution in [2.45, 2.75) is 57.3 Å². The molecule has 208 valence electrons. The van der Waals surface area contributed by atoms with Gasteiger partial charge in [-0.05, 0) is 42.5 Å². The zero-order chi connectivity index (χ0) is 28.5. The number of H-pyrrole nitrogens is 1. The number of alkyl halides is 3. The van der Waals surface area contributed by atoms with E-state index < -0.39 is 53.0 Å². The Kier molecular flexibility index (Phi) is 7.58. The molecule has 4 rings (SSSR count). The fraction of sp³-hybridized carbons (Fsp3) is 0.370. The number of carbonyl (C=O) groups is 3. The molecule has 3 aromatic rings. The Morgan fingerprint density at radius 3 is 2.49 bits per heavy atom. The number of fused-ring (bicyclic) bond motifs is 3. The van der Waals surface area contributed by atoms with Gasteiger partial charge in [0.05, 0.1) is 16.8 Å². The first-order chi connectivity index (χ1) is 18.4. The van der Waals surface area contributed by atoms with Crippen LogP contribution in [0.4, 0.5) is 28.0 Å². The van der Waals surface area contributed by atoms with E-state index in [9.17, 15) is 37.1 Å². The molecule has 1 heterocycles. The molecule has 0 fully saturated rings. The van der Waals surface area contributed by atoms with E-state index in [1.165, 1.54) is 30.3 Å². The number of aromatic amines is 1. The summed E-state index contributed by atoms with van der Waals surface area (Å²) in [6, 6.07) is 7.14. The second-order valence-corrected chi connectivity index (χ2v) is 9.80. The van der Waals surface area contributed by atoms with Crippen molar-refractivity contribution in [2.24, 2.45) is 5.92 Å². The summed E-state index contributed by atoms with van der Waals surface area (Å²) in [5.41, 5.74) is -2.04. The Morgan fingerprint density at radius 2 is 1.85 bits per heavy atom. The Hall–Kier alpha value is -4.09. The highest BCUT2D eigenvalue weighted by Crippen LogP contribution is 2.40. The first kappa shape index (κ1) is 27.9. The molecule has 8 nitrogen and oxygen atoms in total. The van der Waals surface area contributed by atoms with Crippen molar-refractivity contribution in [3.8, 4) is 0 Å². The molecule has 39 heavy (non-hydrogen) atoms. The number of hydrogen-bond acceptors (Lipinski definition) is 3. The Morgan fingerprint density at radius 1 is 1.13 bits per heavy atom. The van der Waals surface area contributed by atoms with Crippen LogP contribution in [0.15, 0.2) is 42.5 Å². The van der Waals surface area contributed by atoms with E-state index in [0.717, 1.165) is 12.1 Å². The van der Waals surface area contributed by atoms with Gasteiger partial charge in [-0.3, -0.25) is 4.79 Å². The monoisotopic (exact) mass is 548 g/mol. The summed E-state index contributed by atoms with van der Waals surface area (Å²) in [4.78, 5) is 41.4. The first-order valence-corrected chi connectivity index (χ1v) is 12.4. The van der Waals surface area contributed by atoms with Gasteiger partial charge in [0, 0.05) is 17.5 Å². The molecule has 0 radical (unpaired) electrons. The number of nitrogens with one attached hydrogen (secondary N) is 4. The smallest absolute Gasteiger partial charge is 0.418 e. The van der Waals surface area contributed by atoms with Crippen LogP contribution in [0, 0.1) is 11.7 Å². The van der Waals surface area contributed by atoms with Crippen molar-refractivity contribution >= 4 is 34.5 Å². The minimum Gasteiger partial charge on any atom is -0.479 e. The van der Waals surface area contributed by atoms with E-state index in [-0.39, 0.29) is 35.9 Å². The summed E-state index contributed by atoms with van der Waals surface area (Å²) >= 11 is 0. The normalized spacial score (nSPS) is 18.6. The number of anilines is 1. The summed E-state index contributed by atoms with van der Waals surface area (Å²) < 4.78 is 54.7. The number of para-hydroxylation sites is 2. The number of hydrogen-bond donors (Lipinski definition) is 5. The summed E-state index contributed by atoms with van der Waals surface area (Å²) in [7, 11) is 0. The highest BCUT2D eigenvalue weighted by molar-refractivity contribution is 5.96. The summed E-state index contributed by atoms with van der Waals surface area (Å²) in [6.07, 6.45) is -4.40. The number of halogens is 4. The zero-order valence-corrected chi connectivity index (χ0v) is 21.2. The molecule has 3 amide bonds. The average Bonchev–Trinajstić information content (AvgIpc) is 3.25. The second kappa shape index (κ2) is 10.6. The number of aliphatic carboxylic acids is 1. The van der Waals surface area contributed by atoms with E-state index in [1.54, 1.807) is 13.8 Å². The molecular weight excluding hydrogens is 520 g/mol. The number of aryl methyl sites for hydroxylation is 1. The van der Waals surface area contributed by atoms with E-state index in [0.29, 0.717) is 17.7 Å². The maximum atomic E-state index is 14.0. The van der Waals surface area contributed by atoms with E-state index in [4.69, 9.17) is 0 Å². The quantitative estimate of drug-likeness (QED) is 0.267. The summed E-state index contributed by atoms with van der Waals surface area (Å²) in [5, 5.41) is 17.9. The number of amides is 3. The zero-order valence-electron chi connectivity index (χ0n) is 21.2. The number of carboxylic acid groups (broad SMARTS) is 1. The van der Waals surface area contributed by atoms with Crippen molar-refractivity contribution in [2.75, 3.05) is 5.32 Å². The minimum absolute atomic E-state index is 0.0795. The van der Waals surface area contributed by atoms with Gasteiger partial charge in [-0.2, -0.15) is 13.2 Å². The molecule has 3 unspecified atom stereocenters. The van der Waals surface area contributed by atoms with Gasteiger partial charge in [0.25, 0.3) is 0 Å². The maximum Gasteiger partial charge on any atom is 0.418 e. The molecule has 0 spiro atoms. The molecule has 0 bridgehead atoms. The lowest BCUT2D eigenvalue weighted by atomic mass is 9.79. The molecule has 0 saturated heterocycles. The molecule has 3 atom stereocenters. The van der Waals surface area contributed by atoms with E-state index in [2.05, 4.69) is 20.9 Å². The number of rotatable bonds is 7. The predicted molar refractivity (Wildman–Crippen MR) is 136 cm³/mol. The third-order valence-electron chi connectivity index (χ3n) is 7.29. The van der Waals surface area contributed by atoms with E-state index in [1.807, 2.05) is 0 Å². The van der Waals surface area contributed by atoms with Crippen molar-refractivity contribution in [3.05, 3.63) is 65.1 Å².